The highest BCUT2D eigenvalue weighted by atomic mass is 16.5. The van der Waals surface area contributed by atoms with Crippen molar-refractivity contribution >= 4 is 11.0 Å². The van der Waals surface area contributed by atoms with Gasteiger partial charge in [-0.2, -0.15) is 10.2 Å². The van der Waals surface area contributed by atoms with E-state index in [0.29, 0.717) is 13.2 Å². The molecular formula is C22H27N7O2. The molecule has 0 spiro atoms. The molecular weight excluding hydrogens is 394 g/mol. The second kappa shape index (κ2) is 8.16. The van der Waals surface area contributed by atoms with Crippen LogP contribution in [0.4, 0.5) is 0 Å². The molecule has 0 saturated carbocycles. The maximum atomic E-state index is 5.93. The Morgan fingerprint density at radius 2 is 1.81 bits per heavy atom. The number of rotatable bonds is 7. The normalized spacial score (nSPS) is 16.2. The van der Waals surface area contributed by atoms with Crippen molar-refractivity contribution in [3.8, 4) is 5.75 Å². The molecule has 4 aromatic rings. The third-order valence-corrected chi connectivity index (χ3v) is 5.67. The summed E-state index contributed by atoms with van der Waals surface area (Å²) < 4.78 is 17.3. The van der Waals surface area contributed by atoms with Crippen LogP contribution in [-0.4, -0.2) is 54.3 Å². The predicted molar refractivity (Wildman–Crippen MR) is 116 cm³/mol. The van der Waals surface area contributed by atoms with Gasteiger partial charge in [0, 0.05) is 63.3 Å². The van der Waals surface area contributed by atoms with Crippen molar-refractivity contribution in [2.24, 2.45) is 14.1 Å². The van der Waals surface area contributed by atoms with E-state index in [1.807, 2.05) is 48.0 Å². The van der Waals surface area contributed by atoms with Crippen LogP contribution in [0, 0.1) is 0 Å². The van der Waals surface area contributed by atoms with Crippen LogP contribution in [-0.2, 0) is 38.5 Å². The standard InChI is InChI=1S/C22H27N7O2/c1-26-9-16(7-23-26)11-28(12-17-8-24-27(2)10-17)13-18-14-31-15-22-25-20-6-19(30-3)4-5-21(20)29(18)22/h4-10,18H,11-15H2,1-3H3/t18-/m0/s1. The van der Waals surface area contributed by atoms with Crippen LogP contribution in [0.1, 0.15) is 23.0 Å². The highest BCUT2D eigenvalue weighted by Crippen LogP contribution is 2.29. The highest BCUT2D eigenvalue weighted by Gasteiger charge is 2.26. The first-order valence-electron chi connectivity index (χ1n) is 10.4. The number of fused-ring (bicyclic) bond motifs is 3. The van der Waals surface area contributed by atoms with Gasteiger partial charge in [0.05, 0.1) is 43.2 Å². The average Bonchev–Trinajstić information content (AvgIpc) is 3.46. The number of hydrogen-bond donors (Lipinski definition) is 0. The van der Waals surface area contributed by atoms with Gasteiger partial charge in [0.1, 0.15) is 18.2 Å². The number of aryl methyl sites for hydroxylation is 2. The second-order valence-corrected chi connectivity index (χ2v) is 8.14. The number of nitrogens with zero attached hydrogens (tertiary/aromatic N) is 7. The van der Waals surface area contributed by atoms with Gasteiger partial charge in [-0.3, -0.25) is 14.3 Å². The van der Waals surface area contributed by atoms with E-state index in [1.165, 1.54) is 11.1 Å². The van der Waals surface area contributed by atoms with Gasteiger partial charge in [0.2, 0.25) is 0 Å². The lowest BCUT2D eigenvalue weighted by molar-refractivity contribution is 0.0402. The lowest BCUT2D eigenvalue weighted by atomic mass is 10.2. The van der Waals surface area contributed by atoms with Crippen LogP contribution in [0.15, 0.2) is 43.0 Å². The van der Waals surface area contributed by atoms with Gasteiger partial charge in [0.25, 0.3) is 0 Å². The lowest BCUT2D eigenvalue weighted by Gasteiger charge is -2.31. The summed E-state index contributed by atoms with van der Waals surface area (Å²) in [6.07, 6.45) is 7.99. The summed E-state index contributed by atoms with van der Waals surface area (Å²) in [5.41, 5.74) is 4.43. The Hall–Kier alpha value is -3.17. The van der Waals surface area contributed by atoms with Crippen molar-refractivity contribution in [1.29, 1.82) is 0 Å². The smallest absolute Gasteiger partial charge is 0.136 e. The molecule has 0 amide bonds. The van der Waals surface area contributed by atoms with Crippen molar-refractivity contribution in [2.75, 3.05) is 20.3 Å². The minimum Gasteiger partial charge on any atom is -0.497 e. The van der Waals surface area contributed by atoms with Crippen LogP contribution >= 0.6 is 0 Å². The van der Waals surface area contributed by atoms with Crippen molar-refractivity contribution in [1.82, 2.24) is 34.0 Å². The Labute approximate surface area is 180 Å². The third kappa shape index (κ3) is 4.06. The van der Waals surface area contributed by atoms with Crippen molar-refractivity contribution in [2.45, 2.75) is 25.7 Å². The summed E-state index contributed by atoms with van der Waals surface area (Å²) in [5, 5.41) is 8.67. The largest absolute Gasteiger partial charge is 0.497 e. The molecule has 1 aromatic carbocycles. The van der Waals surface area contributed by atoms with E-state index in [0.717, 1.165) is 42.2 Å². The fraction of sp³-hybridized carbons (Fsp3) is 0.409. The van der Waals surface area contributed by atoms with Gasteiger partial charge < -0.3 is 14.0 Å². The molecule has 0 fully saturated rings. The summed E-state index contributed by atoms with van der Waals surface area (Å²) in [6, 6.07) is 6.24. The van der Waals surface area contributed by atoms with E-state index in [9.17, 15) is 0 Å². The molecule has 4 heterocycles. The first-order valence-corrected chi connectivity index (χ1v) is 10.4. The monoisotopic (exact) mass is 421 g/mol. The molecule has 0 N–H and O–H groups in total. The SMILES string of the molecule is COc1ccc2c(c1)nc1n2[C@@H](CN(Cc2cnn(C)c2)Cc2cnn(C)c2)COC1. The maximum absolute atomic E-state index is 5.93. The van der Waals surface area contributed by atoms with E-state index < -0.39 is 0 Å². The lowest BCUT2D eigenvalue weighted by Crippen LogP contribution is -2.35. The first-order chi connectivity index (χ1) is 15.1. The summed E-state index contributed by atoms with van der Waals surface area (Å²) in [6.45, 7) is 3.61. The van der Waals surface area contributed by atoms with Crippen LogP contribution in [0.5, 0.6) is 5.75 Å². The minimum atomic E-state index is 0.162. The predicted octanol–water partition coefficient (Wildman–Crippen LogP) is 2.29. The molecule has 0 unspecified atom stereocenters. The summed E-state index contributed by atoms with van der Waals surface area (Å²) >= 11 is 0. The molecule has 0 radical (unpaired) electrons. The average molecular weight is 422 g/mol. The highest BCUT2D eigenvalue weighted by molar-refractivity contribution is 5.78. The topological polar surface area (TPSA) is 75.2 Å². The van der Waals surface area contributed by atoms with Crippen LogP contribution in [0.25, 0.3) is 11.0 Å². The van der Waals surface area contributed by atoms with Gasteiger partial charge >= 0.3 is 0 Å². The Morgan fingerprint density at radius 1 is 1.10 bits per heavy atom. The zero-order chi connectivity index (χ0) is 21.4. The molecule has 31 heavy (non-hydrogen) atoms. The zero-order valence-corrected chi connectivity index (χ0v) is 18.1. The molecule has 162 valence electrons. The van der Waals surface area contributed by atoms with Crippen LogP contribution < -0.4 is 4.74 Å². The molecule has 5 rings (SSSR count). The molecule has 0 bridgehead atoms. The molecule has 1 atom stereocenters. The minimum absolute atomic E-state index is 0.162. The Balaban J connectivity index is 1.44. The van der Waals surface area contributed by atoms with E-state index in [-0.39, 0.29) is 6.04 Å². The number of imidazole rings is 1. The summed E-state index contributed by atoms with van der Waals surface area (Å²) in [7, 11) is 5.57. The maximum Gasteiger partial charge on any atom is 0.136 e. The molecule has 9 heteroatoms. The number of ether oxygens (including phenoxy) is 2. The molecule has 1 aliphatic heterocycles. The fourth-order valence-corrected chi connectivity index (χ4v) is 4.37. The van der Waals surface area contributed by atoms with E-state index in [2.05, 4.69) is 38.1 Å². The van der Waals surface area contributed by atoms with E-state index in [1.54, 1.807) is 7.11 Å². The Kier molecular flexibility index (Phi) is 5.21. The first kappa shape index (κ1) is 19.8. The number of benzene rings is 1. The van der Waals surface area contributed by atoms with Crippen molar-refractivity contribution in [3.63, 3.8) is 0 Å². The Morgan fingerprint density at radius 3 is 2.42 bits per heavy atom. The molecule has 9 nitrogen and oxygen atoms in total. The van der Waals surface area contributed by atoms with E-state index >= 15 is 0 Å². The van der Waals surface area contributed by atoms with E-state index in [4.69, 9.17) is 14.5 Å². The summed E-state index contributed by atoms with van der Waals surface area (Å²) in [5.74, 6) is 1.78. The third-order valence-electron chi connectivity index (χ3n) is 5.67. The van der Waals surface area contributed by atoms with Gasteiger partial charge in [-0.25, -0.2) is 4.98 Å². The van der Waals surface area contributed by atoms with Crippen LogP contribution in [0.2, 0.25) is 0 Å². The molecule has 0 saturated heterocycles. The van der Waals surface area contributed by atoms with Crippen molar-refractivity contribution < 1.29 is 9.47 Å². The number of methoxy groups -OCH3 is 1. The summed E-state index contributed by atoms with van der Waals surface area (Å²) in [4.78, 5) is 7.23. The fourth-order valence-electron chi connectivity index (χ4n) is 4.37. The second-order valence-electron chi connectivity index (χ2n) is 8.14. The van der Waals surface area contributed by atoms with Gasteiger partial charge in [-0.15, -0.1) is 0 Å². The number of aromatic nitrogens is 6. The van der Waals surface area contributed by atoms with Gasteiger partial charge in [-0.05, 0) is 12.1 Å². The van der Waals surface area contributed by atoms with Crippen molar-refractivity contribution in [3.05, 3.63) is 59.9 Å². The zero-order valence-electron chi connectivity index (χ0n) is 18.1. The Bertz CT molecular complexity index is 1150. The quantitative estimate of drug-likeness (QED) is 0.456. The molecule has 1 aliphatic rings. The van der Waals surface area contributed by atoms with Gasteiger partial charge in [0.15, 0.2) is 0 Å². The molecule has 3 aromatic heterocycles. The van der Waals surface area contributed by atoms with Crippen LogP contribution in [0.3, 0.4) is 0 Å². The molecule has 0 aliphatic carbocycles. The van der Waals surface area contributed by atoms with Gasteiger partial charge in [-0.1, -0.05) is 0 Å². The number of hydrogen-bond acceptors (Lipinski definition) is 6.